The molecular formula is C22H19F6NO4. The molecule has 0 spiro atoms. The van der Waals surface area contributed by atoms with E-state index >= 15 is 0 Å². The largest absolute Gasteiger partial charge is 0.481 e. The van der Waals surface area contributed by atoms with Crippen molar-refractivity contribution < 1.29 is 46.1 Å². The van der Waals surface area contributed by atoms with Gasteiger partial charge in [-0.05, 0) is 36.1 Å². The molecule has 1 aliphatic carbocycles. The molecule has 0 radical (unpaired) electrons. The van der Waals surface area contributed by atoms with E-state index in [0.717, 1.165) is 36.4 Å². The van der Waals surface area contributed by atoms with Crippen LogP contribution in [0.5, 0.6) is 0 Å². The van der Waals surface area contributed by atoms with Crippen LogP contribution in [-0.2, 0) is 21.9 Å². The fourth-order valence-electron chi connectivity index (χ4n) is 4.06. The summed E-state index contributed by atoms with van der Waals surface area (Å²) in [4.78, 5) is 23.3. The van der Waals surface area contributed by atoms with Gasteiger partial charge in [0.05, 0.1) is 17.0 Å². The molecule has 2 aromatic rings. The minimum absolute atomic E-state index is 0.0595. The van der Waals surface area contributed by atoms with E-state index in [1.54, 1.807) is 0 Å². The number of aliphatic carboxylic acids is 2. The highest BCUT2D eigenvalue weighted by atomic mass is 19.4. The van der Waals surface area contributed by atoms with Crippen LogP contribution in [0.3, 0.4) is 0 Å². The van der Waals surface area contributed by atoms with E-state index in [-0.39, 0.29) is 17.5 Å². The molecule has 1 fully saturated rings. The number of rotatable bonds is 7. The molecule has 5 nitrogen and oxygen atoms in total. The molecule has 33 heavy (non-hydrogen) atoms. The topological polar surface area (TPSA) is 101 Å². The van der Waals surface area contributed by atoms with Crippen molar-refractivity contribution in [3.8, 4) is 0 Å². The van der Waals surface area contributed by atoms with Gasteiger partial charge in [0.1, 0.15) is 5.54 Å². The van der Waals surface area contributed by atoms with Gasteiger partial charge in [-0.15, -0.1) is 0 Å². The first-order valence-electron chi connectivity index (χ1n) is 9.74. The minimum Gasteiger partial charge on any atom is -0.481 e. The van der Waals surface area contributed by atoms with Crippen LogP contribution in [0, 0.1) is 11.8 Å². The Kier molecular flexibility index (Phi) is 6.22. The van der Waals surface area contributed by atoms with Gasteiger partial charge in [0.25, 0.3) is 0 Å². The lowest BCUT2D eigenvalue weighted by Crippen LogP contribution is -2.52. The molecule has 0 aromatic heterocycles. The van der Waals surface area contributed by atoms with E-state index in [0.29, 0.717) is 0 Å². The number of alkyl halides is 6. The molecule has 2 aromatic carbocycles. The molecule has 3 rings (SSSR count). The summed E-state index contributed by atoms with van der Waals surface area (Å²) in [5.41, 5.74) is 1.60. The molecule has 11 heteroatoms. The molecule has 1 saturated carbocycles. The SMILES string of the molecule is NC(CC(c1cccc(C(F)(F)F)c1)c1cccc(C(F)(F)F)c1)(C(=O)O)C1CC1C(=O)O. The molecule has 0 heterocycles. The average Bonchev–Trinajstić information content (AvgIpc) is 3.52. The predicted octanol–water partition coefficient (Wildman–Crippen LogP) is 4.75. The monoisotopic (exact) mass is 475 g/mol. The van der Waals surface area contributed by atoms with Crippen molar-refractivity contribution in [1.82, 2.24) is 0 Å². The van der Waals surface area contributed by atoms with Crippen molar-refractivity contribution in [2.45, 2.75) is 36.7 Å². The van der Waals surface area contributed by atoms with Crippen LogP contribution in [0.25, 0.3) is 0 Å². The van der Waals surface area contributed by atoms with Gasteiger partial charge in [-0.3, -0.25) is 9.59 Å². The van der Waals surface area contributed by atoms with E-state index in [1.807, 2.05) is 0 Å². The van der Waals surface area contributed by atoms with Crippen LogP contribution < -0.4 is 5.73 Å². The number of carbonyl (C=O) groups is 2. The van der Waals surface area contributed by atoms with Gasteiger partial charge in [0.15, 0.2) is 0 Å². The highest BCUT2D eigenvalue weighted by Crippen LogP contribution is 2.50. The molecule has 0 amide bonds. The van der Waals surface area contributed by atoms with Gasteiger partial charge in [-0.1, -0.05) is 36.4 Å². The number of carboxylic acid groups (broad SMARTS) is 2. The lowest BCUT2D eigenvalue weighted by Gasteiger charge is -2.31. The number of benzene rings is 2. The van der Waals surface area contributed by atoms with Crippen LogP contribution >= 0.6 is 0 Å². The zero-order valence-electron chi connectivity index (χ0n) is 16.8. The number of halogens is 6. The van der Waals surface area contributed by atoms with E-state index in [1.165, 1.54) is 12.1 Å². The third kappa shape index (κ3) is 5.13. The van der Waals surface area contributed by atoms with Crippen LogP contribution in [-0.4, -0.2) is 27.7 Å². The second-order valence-corrected chi connectivity index (χ2v) is 8.14. The number of hydrogen-bond acceptors (Lipinski definition) is 3. The molecule has 4 N–H and O–H groups in total. The zero-order valence-corrected chi connectivity index (χ0v) is 16.8. The van der Waals surface area contributed by atoms with Gasteiger partial charge < -0.3 is 15.9 Å². The van der Waals surface area contributed by atoms with Gasteiger partial charge in [-0.25, -0.2) is 0 Å². The standard InChI is InChI=1S/C22H19F6NO4/c23-21(24,25)13-5-1-3-11(7-13)16(12-4-2-6-14(8-12)22(26,27)28)10-20(29,19(32)33)17-9-15(17)18(30)31/h1-8,15-17H,9-10,29H2,(H,30,31)(H,32,33). The summed E-state index contributed by atoms with van der Waals surface area (Å²) in [7, 11) is 0. The average molecular weight is 475 g/mol. The Bertz CT molecular complexity index is 1010. The van der Waals surface area contributed by atoms with Crippen LogP contribution in [0.4, 0.5) is 26.3 Å². The third-order valence-corrected chi connectivity index (χ3v) is 5.94. The lowest BCUT2D eigenvalue weighted by atomic mass is 9.76. The van der Waals surface area contributed by atoms with Crippen molar-refractivity contribution in [2.75, 3.05) is 0 Å². The summed E-state index contributed by atoms with van der Waals surface area (Å²) in [6.07, 6.45) is -10.1. The summed E-state index contributed by atoms with van der Waals surface area (Å²) in [6, 6.07) is 7.63. The zero-order chi connectivity index (χ0) is 24.8. The molecule has 0 aliphatic heterocycles. The Hall–Kier alpha value is -3.08. The Balaban J connectivity index is 2.12. The number of carboxylic acids is 2. The lowest BCUT2D eigenvalue weighted by molar-refractivity contribution is -0.146. The van der Waals surface area contributed by atoms with Gasteiger partial charge in [0.2, 0.25) is 0 Å². The van der Waals surface area contributed by atoms with Gasteiger partial charge in [0, 0.05) is 11.8 Å². The Morgan fingerprint density at radius 2 is 1.36 bits per heavy atom. The van der Waals surface area contributed by atoms with Crippen molar-refractivity contribution >= 4 is 11.9 Å². The summed E-state index contributed by atoms with van der Waals surface area (Å²) in [5, 5.41) is 19.0. The smallest absolute Gasteiger partial charge is 0.416 e. The van der Waals surface area contributed by atoms with Crippen molar-refractivity contribution in [3.63, 3.8) is 0 Å². The summed E-state index contributed by atoms with van der Waals surface area (Å²) < 4.78 is 79.6. The summed E-state index contributed by atoms with van der Waals surface area (Å²) >= 11 is 0. The molecule has 3 unspecified atom stereocenters. The maximum absolute atomic E-state index is 13.3. The maximum atomic E-state index is 13.3. The van der Waals surface area contributed by atoms with Crippen molar-refractivity contribution in [1.29, 1.82) is 0 Å². The number of hydrogen-bond donors (Lipinski definition) is 3. The predicted molar refractivity (Wildman–Crippen MR) is 103 cm³/mol. The molecule has 178 valence electrons. The summed E-state index contributed by atoms with van der Waals surface area (Å²) in [5.74, 6) is -6.21. The van der Waals surface area contributed by atoms with Gasteiger partial charge >= 0.3 is 24.3 Å². The fraction of sp³-hybridized carbons (Fsp3) is 0.364. The van der Waals surface area contributed by atoms with Crippen molar-refractivity contribution in [3.05, 3.63) is 70.8 Å². The second-order valence-electron chi connectivity index (χ2n) is 8.14. The van der Waals surface area contributed by atoms with Crippen LogP contribution in [0.1, 0.15) is 41.0 Å². The third-order valence-electron chi connectivity index (χ3n) is 5.94. The highest BCUT2D eigenvalue weighted by molar-refractivity contribution is 5.83. The molecule has 1 aliphatic rings. The molecule has 0 saturated heterocycles. The normalized spacial score (nSPS) is 20.4. The summed E-state index contributed by atoms with van der Waals surface area (Å²) in [6.45, 7) is 0. The Labute approximate surface area is 183 Å². The maximum Gasteiger partial charge on any atom is 0.416 e. The van der Waals surface area contributed by atoms with Gasteiger partial charge in [-0.2, -0.15) is 26.3 Å². The van der Waals surface area contributed by atoms with Crippen LogP contribution in [0.2, 0.25) is 0 Å². The second kappa shape index (κ2) is 8.36. The quantitative estimate of drug-likeness (QED) is 0.502. The molecule has 0 bridgehead atoms. The molecular weight excluding hydrogens is 456 g/mol. The van der Waals surface area contributed by atoms with Crippen LogP contribution in [0.15, 0.2) is 48.5 Å². The highest BCUT2D eigenvalue weighted by Gasteiger charge is 2.59. The van der Waals surface area contributed by atoms with Crippen molar-refractivity contribution in [2.24, 2.45) is 17.6 Å². The first-order chi connectivity index (χ1) is 15.1. The Morgan fingerprint density at radius 3 is 1.70 bits per heavy atom. The van der Waals surface area contributed by atoms with E-state index in [9.17, 15) is 46.1 Å². The van der Waals surface area contributed by atoms with E-state index in [4.69, 9.17) is 5.73 Å². The minimum atomic E-state index is -4.74. The number of nitrogens with two attached hydrogens (primary N) is 1. The van der Waals surface area contributed by atoms with E-state index < -0.39 is 65.1 Å². The van der Waals surface area contributed by atoms with E-state index in [2.05, 4.69) is 0 Å². The fourth-order valence-corrected chi connectivity index (χ4v) is 4.06. The molecule has 3 atom stereocenters. The Morgan fingerprint density at radius 1 is 0.909 bits per heavy atom. The first kappa shape index (κ1) is 24.6. The first-order valence-corrected chi connectivity index (χ1v) is 9.74.